The van der Waals surface area contributed by atoms with Gasteiger partial charge in [-0.2, -0.15) is 8.42 Å². The highest BCUT2D eigenvalue weighted by molar-refractivity contribution is 7.86. The monoisotopic (exact) mass is 325 g/mol. The highest BCUT2D eigenvalue weighted by atomic mass is 35.5. The van der Waals surface area contributed by atoms with Gasteiger partial charge in [0.2, 0.25) is 5.91 Å². The Morgan fingerprint density at radius 2 is 2.05 bits per heavy atom. The average Bonchev–Trinajstić information content (AvgIpc) is 2.56. The van der Waals surface area contributed by atoms with Gasteiger partial charge in [-0.3, -0.25) is 4.79 Å². The first-order valence-corrected chi connectivity index (χ1v) is 7.75. The van der Waals surface area contributed by atoms with Crippen molar-refractivity contribution in [2.24, 2.45) is 5.92 Å². The van der Waals surface area contributed by atoms with Gasteiger partial charge in [-0.1, -0.05) is 23.2 Å². The zero-order chi connectivity index (χ0) is 14.2. The van der Waals surface area contributed by atoms with Crippen molar-refractivity contribution in [2.45, 2.75) is 6.42 Å². The van der Waals surface area contributed by atoms with Gasteiger partial charge in [0, 0.05) is 23.9 Å². The number of rotatable bonds is 3. The molecule has 1 aromatic rings. The molecule has 1 aliphatic rings. The van der Waals surface area contributed by atoms with Crippen LogP contribution in [0, 0.1) is 5.92 Å². The first-order valence-electron chi connectivity index (χ1n) is 5.44. The lowest BCUT2D eigenvalue weighted by Crippen LogP contribution is -2.25. The van der Waals surface area contributed by atoms with Crippen molar-refractivity contribution in [2.75, 3.05) is 17.2 Å². The Morgan fingerprint density at radius 3 is 2.63 bits per heavy atom. The number of halogens is 3. The van der Waals surface area contributed by atoms with E-state index in [2.05, 4.69) is 0 Å². The van der Waals surface area contributed by atoms with E-state index in [0.29, 0.717) is 15.7 Å². The molecule has 0 bridgehead atoms. The molecule has 1 unspecified atom stereocenters. The van der Waals surface area contributed by atoms with Crippen molar-refractivity contribution in [3.8, 4) is 0 Å². The Kier molecular flexibility index (Phi) is 4.03. The summed E-state index contributed by atoms with van der Waals surface area (Å²) in [6.07, 6.45) is -0.0118. The third kappa shape index (κ3) is 3.58. The maximum atomic E-state index is 12.6. The molecule has 1 atom stereocenters. The summed E-state index contributed by atoms with van der Waals surface area (Å²) in [6.45, 7) is 0.128. The summed E-state index contributed by atoms with van der Waals surface area (Å²) < 4.78 is 33.8. The Morgan fingerprint density at radius 1 is 1.37 bits per heavy atom. The summed E-state index contributed by atoms with van der Waals surface area (Å²) in [5.74, 6) is -1.49. The highest BCUT2D eigenvalue weighted by Crippen LogP contribution is 2.33. The van der Waals surface area contributed by atoms with E-state index in [1.807, 2.05) is 0 Å². The SMILES string of the molecule is O=C1CC(CS(=O)(=O)F)CN1c1ccc(Cl)cc1Cl. The quantitative estimate of drug-likeness (QED) is 0.803. The van der Waals surface area contributed by atoms with Crippen molar-refractivity contribution in [3.05, 3.63) is 28.2 Å². The van der Waals surface area contributed by atoms with Gasteiger partial charge in [0.25, 0.3) is 0 Å². The fraction of sp³-hybridized carbons (Fsp3) is 0.364. The number of hydrogen-bond acceptors (Lipinski definition) is 3. The highest BCUT2D eigenvalue weighted by Gasteiger charge is 2.34. The number of amides is 1. The Hall–Kier alpha value is -0.850. The summed E-state index contributed by atoms with van der Waals surface area (Å²) in [6, 6.07) is 4.65. The summed E-state index contributed by atoms with van der Waals surface area (Å²) in [5.41, 5.74) is 0.454. The molecule has 0 N–H and O–H groups in total. The standard InChI is InChI=1S/C11H10Cl2FNO3S/c12-8-1-2-10(9(13)4-8)15-5-7(3-11(15)16)6-19(14,17)18/h1-2,4,7H,3,5-6H2. The van der Waals surface area contributed by atoms with Gasteiger partial charge in [-0.25, -0.2) is 0 Å². The van der Waals surface area contributed by atoms with Crippen LogP contribution in [-0.2, 0) is 15.0 Å². The lowest BCUT2D eigenvalue weighted by molar-refractivity contribution is -0.117. The van der Waals surface area contributed by atoms with E-state index in [1.165, 1.54) is 11.0 Å². The summed E-state index contributed by atoms with van der Waals surface area (Å²) in [4.78, 5) is 13.2. The van der Waals surface area contributed by atoms with E-state index >= 15 is 0 Å². The minimum absolute atomic E-state index is 0.0118. The number of benzene rings is 1. The second kappa shape index (κ2) is 5.26. The molecule has 0 spiro atoms. The van der Waals surface area contributed by atoms with E-state index in [9.17, 15) is 17.1 Å². The number of anilines is 1. The van der Waals surface area contributed by atoms with Gasteiger partial charge in [-0.15, -0.1) is 3.89 Å². The van der Waals surface area contributed by atoms with Crippen LogP contribution in [0.1, 0.15) is 6.42 Å². The third-order valence-corrected chi connectivity index (χ3v) is 4.25. The summed E-state index contributed by atoms with van der Waals surface area (Å²) >= 11 is 11.7. The third-order valence-electron chi connectivity index (χ3n) is 2.84. The number of carbonyl (C=O) groups excluding carboxylic acids is 1. The molecule has 0 saturated carbocycles. The first-order chi connectivity index (χ1) is 8.76. The van der Waals surface area contributed by atoms with E-state index in [0.717, 1.165) is 0 Å². The zero-order valence-corrected chi connectivity index (χ0v) is 12.0. The van der Waals surface area contributed by atoms with Crippen molar-refractivity contribution >= 4 is 45.0 Å². The molecule has 0 aliphatic carbocycles. The molecular weight excluding hydrogens is 316 g/mol. The fourth-order valence-electron chi connectivity index (χ4n) is 2.11. The van der Waals surface area contributed by atoms with E-state index in [4.69, 9.17) is 23.2 Å². The fourth-order valence-corrected chi connectivity index (χ4v) is 3.40. The number of carbonyl (C=O) groups is 1. The van der Waals surface area contributed by atoms with Crippen LogP contribution in [0.3, 0.4) is 0 Å². The molecule has 0 radical (unpaired) electrons. The lowest BCUT2D eigenvalue weighted by Gasteiger charge is -2.18. The smallest absolute Gasteiger partial charge is 0.302 e. The molecule has 0 aromatic heterocycles. The Bertz CT molecular complexity index is 620. The second-order valence-electron chi connectivity index (χ2n) is 4.38. The summed E-state index contributed by atoms with van der Waals surface area (Å²) in [5, 5.41) is 0.730. The molecule has 8 heteroatoms. The molecule has 4 nitrogen and oxygen atoms in total. The van der Waals surface area contributed by atoms with Crippen LogP contribution in [0.5, 0.6) is 0 Å². The molecule has 2 rings (SSSR count). The van der Waals surface area contributed by atoms with Crippen LogP contribution in [0.2, 0.25) is 10.0 Å². The zero-order valence-electron chi connectivity index (χ0n) is 9.64. The minimum Gasteiger partial charge on any atom is -0.311 e. The van der Waals surface area contributed by atoms with Gasteiger partial charge >= 0.3 is 10.2 Å². The molecular formula is C11H10Cl2FNO3S. The predicted molar refractivity (Wildman–Crippen MR) is 71.8 cm³/mol. The molecule has 1 aliphatic heterocycles. The molecule has 19 heavy (non-hydrogen) atoms. The van der Waals surface area contributed by atoms with Crippen LogP contribution >= 0.6 is 23.2 Å². The topological polar surface area (TPSA) is 54.5 Å². The molecule has 1 heterocycles. The number of nitrogens with zero attached hydrogens (tertiary/aromatic N) is 1. The van der Waals surface area contributed by atoms with Crippen LogP contribution in [0.15, 0.2) is 18.2 Å². The minimum atomic E-state index is -4.59. The first kappa shape index (κ1) is 14.6. The lowest BCUT2D eigenvalue weighted by atomic mass is 10.1. The predicted octanol–water partition coefficient (Wildman–Crippen LogP) is 2.65. The van der Waals surface area contributed by atoms with Crippen molar-refractivity contribution < 1.29 is 17.1 Å². The van der Waals surface area contributed by atoms with Crippen LogP contribution < -0.4 is 4.90 Å². The van der Waals surface area contributed by atoms with E-state index in [-0.39, 0.29) is 18.9 Å². The van der Waals surface area contributed by atoms with Crippen LogP contribution in [0.25, 0.3) is 0 Å². The Labute approximate surface area is 120 Å². The maximum Gasteiger partial charge on any atom is 0.302 e. The van der Waals surface area contributed by atoms with Crippen molar-refractivity contribution in [1.82, 2.24) is 0 Å². The summed E-state index contributed by atoms with van der Waals surface area (Å²) in [7, 11) is -4.59. The van der Waals surface area contributed by atoms with Crippen molar-refractivity contribution in [1.29, 1.82) is 0 Å². The molecule has 1 saturated heterocycles. The number of hydrogen-bond donors (Lipinski definition) is 0. The van der Waals surface area contributed by atoms with Gasteiger partial charge in [0.1, 0.15) is 0 Å². The molecule has 1 aromatic carbocycles. The second-order valence-corrected chi connectivity index (χ2v) is 6.63. The Balaban J connectivity index is 2.20. The normalized spacial score (nSPS) is 20.1. The van der Waals surface area contributed by atoms with E-state index < -0.39 is 21.9 Å². The largest absolute Gasteiger partial charge is 0.311 e. The average molecular weight is 326 g/mol. The van der Waals surface area contributed by atoms with Crippen LogP contribution in [0.4, 0.5) is 9.57 Å². The van der Waals surface area contributed by atoms with Gasteiger partial charge < -0.3 is 4.90 Å². The maximum absolute atomic E-state index is 12.6. The van der Waals surface area contributed by atoms with Gasteiger partial charge in [0.15, 0.2) is 0 Å². The molecule has 1 amide bonds. The van der Waals surface area contributed by atoms with Gasteiger partial charge in [-0.05, 0) is 18.2 Å². The van der Waals surface area contributed by atoms with E-state index in [1.54, 1.807) is 12.1 Å². The molecule has 1 fully saturated rings. The molecule has 104 valence electrons. The van der Waals surface area contributed by atoms with Crippen LogP contribution in [-0.4, -0.2) is 26.6 Å². The van der Waals surface area contributed by atoms with Crippen molar-refractivity contribution in [3.63, 3.8) is 0 Å². The van der Waals surface area contributed by atoms with Gasteiger partial charge in [0.05, 0.1) is 16.5 Å².